The molecule has 2 amide bonds. The molecule has 0 bridgehead atoms. The molecule has 2 unspecified atom stereocenters. The number of nitrogens with zero attached hydrogens (tertiary/aromatic N) is 1. The van der Waals surface area contributed by atoms with Gasteiger partial charge < -0.3 is 25.0 Å². The summed E-state index contributed by atoms with van der Waals surface area (Å²) < 4.78 is 34.6. The maximum absolute atomic E-state index is 12.6. The minimum absolute atomic E-state index is 0.0364. The van der Waals surface area contributed by atoms with Crippen LogP contribution in [0.5, 0.6) is 11.5 Å². The molecule has 2 fully saturated rings. The Morgan fingerprint density at radius 2 is 2.14 bits per heavy atom. The normalized spacial score (nSPS) is 22.8. The van der Waals surface area contributed by atoms with Crippen LogP contribution < -0.4 is 20.1 Å². The molecule has 3 rings (SSSR count). The maximum Gasteiger partial charge on any atom is 0.387 e. The van der Waals surface area contributed by atoms with E-state index in [9.17, 15) is 13.6 Å². The van der Waals surface area contributed by atoms with Gasteiger partial charge in [0.25, 0.3) is 0 Å². The van der Waals surface area contributed by atoms with Crippen molar-refractivity contribution < 1.29 is 23.0 Å². The quantitative estimate of drug-likeness (QED) is 0.773. The lowest BCUT2D eigenvalue weighted by atomic mass is 9.86. The molecule has 28 heavy (non-hydrogen) atoms. The van der Waals surface area contributed by atoms with Gasteiger partial charge in [-0.15, -0.1) is 0 Å². The number of piperidine rings is 2. The van der Waals surface area contributed by atoms with Crippen LogP contribution >= 0.6 is 0 Å². The maximum atomic E-state index is 12.6. The number of halogens is 2. The van der Waals surface area contributed by atoms with Crippen molar-refractivity contribution in [3.63, 3.8) is 0 Å². The first-order valence-corrected chi connectivity index (χ1v) is 9.94. The first-order chi connectivity index (χ1) is 13.6. The number of carbonyl (C=O) groups excluding carboxylic acids is 1. The van der Waals surface area contributed by atoms with E-state index in [2.05, 4.69) is 15.4 Å². The van der Waals surface area contributed by atoms with Gasteiger partial charge in [-0.3, -0.25) is 0 Å². The fraction of sp³-hybridized carbons (Fsp3) is 0.650. The molecule has 2 N–H and O–H groups in total. The van der Waals surface area contributed by atoms with E-state index < -0.39 is 6.61 Å². The van der Waals surface area contributed by atoms with E-state index in [0.29, 0.717) is 17.5 Å². The lowest BCUT2D eigenvalue weighted by molar-refractivity contribution is -0.0512. The van der Waals surface area contributed by atoms with Crippen LogP contribution in [0.25, 0.3) is 0 Å². The fourth-order valence-electron chi connectivity index (χ4n) is 4.11. The number of carbonyl (C=O) groups is 1. The van der Waals surface area contributed by atoms with Gasteiger partial charge in [-0.2, -0.15) is 8.78 Å². The third kappa shape index (κ3) is 5.47. The van der Waals surface area contributed by atoms with Crippen LogP contribution in [0.1, 0.15) is 37.7 Å². The number of hydrogen-bond donors (Lipinski definition) is 2. The number of methoxy groups -OCH3 is 1. The number of hydrogen-bond acceptors (Lipinski definition) is 4. The molecule has 8 heteroatoms. The van der Waals surface area contributed by atoms with Gasteiger partial charge in [0.15, 0.2) is 11.5 Å². The van der Waals surface area contributed by atoms with Crippen LogP contribution in [0.15, 0.2) is 18.2 Å². The number of benzene rings is 1. The Morgan fingerprint density at radius 1 is 1.29 bits per heavy atom. The van der Waals surface area contributed by atoms with Crippen LogP contribution in [0.2, 0.25) is 0 Å². The minimum Gasteiger partial charge on any atom is -0.493 e. The van der Waals surface area contributed by atoms with Gasteiger partial charge in [0.2, 0.25) is 0 Å². The molecule has 156 valence electrons. The molecule has 2 heterocycles. The van der Waals surface area contributed by atoms with Crippen LogP contribution in [0.4, 0.5) is 13.6 Å². The number of rotatable bonds is 6. The van der Waals surface area contributed by atoms with Crippen molar-refractivity contribution in [1.82, 2.24) is 15.5 Å². The number of ether oxygens (including phenoxy) is 2. The van der Waals surface area contributed by atoms with E-state index in [0.717, 1.165) is 32.5 Å². The highest BCUT2D eigenvalue weighted by Crippen LogP contribution is 2.29. The second-order valence-corrected chi connectivity index (χ2v) is 7.43. The summed E-state index contributed by atoms with van der Waals surface area (Å²) in [7, 11) is 1.39. The van der Waals surface area contributed by atoms with E-state index in [1.807, 2.05) is 4.90 Å². The molecule has 0 saturated carbocycles. The average molecular weight is 397 g/mol. The number of likely N-dealkylation sites (tertiary alicyclic amines) is 1. The average Bonchev–Trinajstić information content (AvgIpc) is 2.72. The summed E-state index contributed by atoms with van der Waals surface area (Å²) in [5, 5.41) is 6.49. The van der Waals surface area contributed by atoms with Crippen molar-refractivity contribution in [2.24, 2.45) is 5.92 Å². The lowest BCUT2D eigenvalue weighted by Crippen LogP contribution is -2.51. The second kappa shape index (κ2) is 9.91. The van der Waals surface area contributed by atoms with Crippen molar-refractivity contribution in [3.05, 3.63) is 23.8 Å². The van der Waals surface area contributed by atoms with Crippen LogP contribution in [-0.2, 0) is 6.54 Å². The molecule has 2 aliphatic heterocycles. The summed E-state index contributed by atoms with van der Waals surface area (Å²) in [6.45, 7) is -0.125. The zero-order valence-electron chi connectivity index (χ0n) is 16.3. The minimum atomic E-state index is -2.93. The second-order valence-electron chi connectivity index (χ2n) is 7.43. The van der Waals surface area contributed by atoms with Gasteiger partial charge in [-0.25, -0.2) is 4.79 Å². The Bertz CT molecular complexity index is 654. The number of alkyl halides is 2. The molecular formula is C20H29F2N3O3. The van der Waals surface area contributed by atoms with Crippen molar-refractivity contribution in [1.29, 1.82) is 0 Å². The molecule has 2 saturated heterocycles. The molecule has 0 radical (unpaired) electrons. The first-order valence-electron chi connectivity index (χ1n) is 9.94. The zero-order valence-corrected chi connectivity index (χ0v) is 16.3. The fourth-order valence-corrected chi connectivity index (χ4v) is 4.11. The van der Waals surface area contributed by atoms with Gasteiger partial charge in [-0.1, -0.05) is 12.5 Å². The van der Waals surface area contributed by atoms with Gasteiger partial charge >= 0.3 is 12.6 Å². The molecule has 0 aromatic heterocycles. The predicted octanol–water partition coefficient (Wildman–Crippen LogP) is 3.36. The van der Waals surface area contributed by atoms with E-state index in [1.54, 1.807) is 12.1 Å². The molecule has 1 aromatic rings. The monoisotopic (exact) mass is 397 g/mol. The molecule has 0 spiro atoms. The number of nitrogens with one attached hydrogen (secondary N) is 2. The topological polar surface area (TPSA) is 62.8 Å². The van der Waals surface area contributed by atoms with Crippen LogP contribution in [0, 0.1) is 5.92 Å². The SMILES string of the molecule is COc1ccc(CNC(=O)N2CCCC(C3CCCCN3)C2)cc1OC(F)F. The molecule has 6 nitrogen and oxygen atoms in total. The number of amides is 2. The van der Waals surface area contributed by atoms with Gasteiger partial charge in [0, 0.05) is 25.7 Å². The molecule has 2 aliphatic rings. The molecular weight excluding hydrogens is 368 g/mol. The van der Waals surface area contributed by atoms with Gasteiger partial charge in [0.05, 0.1) is 7.11 Å². The van der Waals surface area contributed by atoms with E-state index in [-0.39, 0.29) is 24.1 Å². The Morgan fingerprint density at radius 3 is 2.86 bits per heavy atom. The third-order valence-corrected chi connectivity index (χ3v) is 5.55. The first kappa shape index (κ1) is 20.6. The number of urea groups is 1. The Kier molecular flexibility index (Phi) is 7.30. The summed E-state index contributed by atoms with van der Waals surface area (Å²) in [4.78, 5) is 14.5. The summed E-state index contributed by atoms with van der Waals surface area (Å²) in [6, 6.07) is 5.14. The summed E-state index contributed by atoms with van der Waals surface area (Å²) in [5.41, 5.74) is 0.673. The van der Waals surface area contributed by atoms with Crippen LogP contribution in [-0.4, -0.2) is 50.3 Å². The van der Waals surface area contributed by atoms with Crippen molar-refractivity contribution in [2.75, 3.05) is 26.7 Å². The zero-order chi connectivity index (χ0) is 19.9. The standard InChI is InChI=1S/C20H29F2N3O3/c1-27-17-8-7-14(11-18(17)28-19(21)22)12-24-20(26)25-10-4-5-15(13-25)16-6-2-3-9-23-16/h7-8,11,15-16,19,23H,2-6,9-10,12-13H2,1H3,(H,24,26). The Balaban J connectivity index is 1.54. The smallest absolute Gasteiger partial charge is 0.387 e. The highest BCUT2D eigenvalue weighted by Gasteiger charge is 2.30. The lowest BCUT2D eigenvalue weighted by Gasteiger charge is -2.38. The van der Waals surface area contributed by atoms with Crippen molar-refractivity contribution >= 4 is 6.03 Å². The Hall–Kier alpha value is -2.09. The highest BCUT2D eigenvalue weighted by atomic mass is 19.3. The Labute approximate surface area is 164 Å². The van der Waals surface area contributed by atoms with Gasteiger partial charge in [0.1, 0.15) is 0 Å². The van der Waals surface area contributed by atoms with E-state index in [1.165, 1.54) is 32.4 Å². The molecule has 1 aromatic carbocycles. The molecule has 2 atom stereocenters. The largest absolute Gasteiger partial charge is 0.493 e. The van der Waals surface area contributed by atoms with Crippen LogP contribution in [0.3, 0.4) is 0 Å². The summed E-state index contributed by atoms with van der Waals surface area (Å²) in [6.07, 6.45) is 5.81. The van der Waals surface area contributed by atoms with E-state index >= 15 is 0 Å². The highest BCUT2D eigenvalue weighted by molar-refractivity contribution is 5.74. The summed E-state index contributed by atoms with van der Waals surface area (Å²) in [5.74, 6) is 0.687. The van der Waals surface area contributed by atoms with E-state index in [4.69, 9.17) is 4.74 Å². The predicted molar refractivity (Wildman–Crippen MR) is 102 cm³/mol. The third-order valence-electron chi connectivity index (χ3n) is 5.55. The summed E-state index contributed by atoms with van der Waals surface area (Å²) >= 11 is 0. The van der Waals surface area contributed by atoms with Crippen molar-refractivity contribution in [3.8, 4) is 11.5 Å². The van der Waals surface area contributed by atoms with Crippen molar-refractivity contribution in [2.45, 2.75) is 51.3 Å². The van der Waals surface area contributed by atoms with Gasteiger partial charge in [-0.05, 0) is 55.8 Å². The molecule has 0 aliphatic carbocycles.